The fraction of sp³-hybridized carbons (Fsp3) is 0.349. The number of halogens is 4. The van der Waals surface area contributed by atoms with Gasteiger partial charge in [0.05, 0.1) is 94.6 Å². The number of nitrogens with zero attached hydrogens (tertiary/aromatic N) is 20. The van der Waals surface area contributed by atoms with Crippen molar-refractivity contribution in [1.82, 2.24) is 88.3 Å². The zero-order valence-electron chi connectivity index (χ0n) is 71.0. The second-order valence-electron chi connectivity index (χ2n) is 29.7. The van der Waals surface area contributed by atoms with E-state index in [-0.39, 0.29) is 146 Å². The average Bonchev–Trinajstić information content (AvgIpc) is 1.63. The van der Waals surface area contributed by atoms with Crippen LogP contribution >= 0.6 is 37.7 Å². The number of carbonyl (C=O) groups is 4. The van der Waals surface area contributed by atoms with Gasteiger partial charge in [-0.1, -0.05) is 79.7 Å². The molecule has 8 aromatic heterocycles. The number of fused-ring (bicyclic) bond motifs is 4. The van der Waals surface area contributed by atoms with Gasteiger partial charge in [0.2, 0.25) is 0 Å². The summed E-state index contributed by atoms with van der Waals surface area (Å²) in [6.07, 6.45) is -14.1. The predicted octanol–water partition coefficient (Wildman–Crippen LogP) is 10.1. The number of carbonyl (C=O) groups excluding carboxylic acids is 4. The minimum atomic E-state index is -3.89. The predicted molar refractivity (Wildman–Crippen MR) is 487 cm³/mol. The normalized spacial score (nSPS) is 23.1. The molecule has 4 aliphatic rings. The molecule has 0 spiro atoms. The number of ether oxygens (including phenoxy) is 8. The molecule has 12 heterocycles. The molecule has 0 radical (unpaired) electrons. The lowest BCUT2D eigenvalue weighted by Crippen LogP contribution is -2.41. The summed E-state index contributed by atoms with van der Waals surface area (Å²) in [5.74, 6) is -1.56. The maximum absolute atomic E-state index is 16.9. The summed E-state index contributed by atoms with van der Waals surface area (Å²) in [5.41, 5.74) is 8.61. The highest BCUT2D eigenvalue weighted by molar-refractivity contribution is 8.09. The number of anilines is 4. The van der Waals surface area contributed by atoms with Crippen LogP contribution < -0.4 is 37.2 Å². The lowest BCUT2D eigenvalue weighted by Gasteiger charge is -2.30. The number of rotatable bonds is 36. The molecule has 18 atom stereocenters. The number of imidazole rings is 4. The summed E-state index contributed by atoms with van der Waals surface area (Å²) in [6, 6.07) is 41.5. The zero-order valence-corrected chi connectivity index (χ0v) is 76.0. The van der Waals surface area contributed by atoms with Gasteiger partial charge in [-0.3, -0.25) is 37.4 Å². The molecule has 136 heavy (non-hydrogen) atoms. The highest BCUT2D eigenvalue weighted by atomic mass is 32.5. The van der Waals surface area contributed by atoms with Gasteiger partial charge in [0, 0.05) is 66.3 Å². The Labute approximate surface area is 789 Å². The van der Waals surface area contributed by atoms with E-state index in [4.69, 9.17) is 120 Å². The minimum absolute atomic E-state index is 0.0274. The van der Waals surface area contributed by atoms with E-state index in [1.807, 2.05) is 24.3 Å². The number of alkyl halides is 4. The Morgan fingerprint density at radius 2 is 0.676 bits per heavy atom. The first-order valence-corrected chi connectivity index (χ1v) is 47.7. The van der Waals surface area contributed by atoms with Gasteiger partial charge in [-0.15, -0.1) is 0 Å². The molecular formula is C83H79F4N27O16P2S4. The molecule has 16 rings (SSSR count). The first-order valence-electron chi connectivity index (χ1n) is 41.6. The van der Waals surface area contributed by atoms with Gasteiger partial charge in [0.1, 0.15) is 69.0 Å². The molecule has 4 saturated heterocycles. The molecule has 704 valence electrons. The summed E-state index contributed by atoms with van der Waals surface area (Å²) < 4.78 is 144. The van der Waals surface area contributed by atoms with Crippen molar-refractivity contribution in [3.8, 4) is 24.3 Å². The molecule has 0 aliphatic carbocycles. The quantitative estimate of drug-likeness (QED) is 0.00830. The average molecular weight is 1980 g/mol. The second kappa shape index (κ2) is 45.0. The standard InChI is InChI=1S/C42H40F2N13O8PS2.C41H39F2N14O8PS2/c1-2-26-33(29(44)41(62-26)57-23-52-31-35(48-21-50-37(31)57)55-39(59)25-13-7-4-8-14-25)65-66(68,61-18-10-16-46)53-19-27-32(64-42(67)60-17-9-15-45)28(43)40(63-27)56-22-51-30-34(47-20-49-36(30)56)54-38(58)24-11-5-3-6-12-24;42-27-31(64-41(67)60-15-7-13-44)26(63-39(27)56-21-51-29-33(47-19-49-35(29)56)54-37(58)23-9-3-1-4-10-23)18-53-66(68,61-16-8-14-45)65-32-25(17-46)62-40(28(32)43)57-22-52-30-34(48-20-50-36(30)57)55-38(59)24-11-5-2-6-12-24/h3-8,11-14,20-23,26-29,32-33,40-41H,2,9-10,17-19H2,1H3,(H,53,68)(H,47,49,54,58)(H,48,50,55,59);1-6,9-12,19-22,25-28,31-32,39-40H,7-8,15-18,46H2,(H,53,68)(H,47,49,54,58)(H,48,50,55,59)/t26-,27-,28-,29-,32-,33-,40-,41-,66?;25-,26-,27-,28-,31-,32-,39-,40-,66?/m11/s1. The maximum atomic E-state index is 16.9. The van der Waals surface area contributed by atoms with E-state index in [1.165, 1.54) is 62.6 Å². The summed E-state index contributed by atoms with van der Waals surface area (Å²) in [4.78, 5) is 103. The molecule has 8 N–H and O–H groups in total. The number of amides is 4. The molecular weight excluding hydrogens is 1900 g/mol. The number of hydrogen-bond donors (Lipinski definition) is 7. The van der Waals surface area contributed by atoms with Gasteiger partial charge >= 0.3 is 10.5 Å². The SMILES string of the molecule is CC[C@H]1O[C@@H](n2cnc3c(NC(=O)c4ccccc4)ncnc32)[C@H](F)[C@@H]1OP(=S)(NC[C@H]1O[C@@H](n2cnc3c(NC(=O)c4ccccc4)ncnc32)[C@H](F)[C@@H]1OC(=S)OCCC#N)OCCC#N.N#CCCOC(=S)O[C@H]1[C@@H](F)[C@H](n2cnc3c(NC(=O)c4ccccc4)ncnc32)O[C@@H]1CNP(=S)(OCCC#N)O[C@H]1[C@@H](F)[C@H](n2cnc3c(NC(=O)c4ccccc4)ncnc32)O[C@@H]1CN. The lowest BCUT2D eigenvalue weighted by molar-refractivity contribution is -0.0239. The number of aromatic nitrogens is 16. The van der Waals surface area contributed by atoms with Gasteiger partial charge in [-0.25, -0.2) is 87.5 Å². The Morgan fingerprint density at radius 3 is 0.963 bits per heavy atom. The summed E-state index contributed by atoms with van der Waals surface area (Å²) in [7, 11) is 0. The van der Waals surface area contributed by atoms with E-state index in [0.29, 0.717) is 22.3 Å². The van der Waals surface area contributed by atoms with Crippen molar-refractivity contribution in [2.75, 3.05) is 67.3 Å². The summed E-state index contributed by atoms with van der Waals surface area (Å²) in [6.45, 7) is -7.64. The van der Waals surface area contributed by atoms with Crippen LogP contribution in [-0.2, 0) is 79.6 Å². The van der Waals surface area contributed by atoms with Crippen LogP contribution in [0.4, 0.5) is 40.8 Å². The summed E-state index contributed by atoms with van der Waals surface area (Å²) in [5, 5.41) is 52.6. The molecule has 12 aromatic rings. The Kier molecular flexibility index (Phi) is 32.3. The van der Waals surface area contributed by atoms with Crippen molar-refractivity contribution in [3.63, 3.8) is 0 Å². The summed E-state index contributed by atoms with van der Waals surface area (Å²) >= 11 is 22.3. The van der Waals surface area contributed by atoms with Crippen LogP contribution in [0, 0.1) is 45.3 Å². The molecule has 2 unspecified atom stereocenters. The number of benzene rings is 4. The van der Waals surface area contributed by atoms with Crippen LogP contribution in [0.3, 0.4) is 0 Å². The van der Waals surface area contributed by atoms with Crippen LogP contribution in [0.15, 0.2) is 172 Å². The molecule has 0 bridgehead atoms. The topological polar surface area (TPSA) is 547 Å². The van der Waals surface area contributed by atoms with Gasteiger partial charge in [-0.05, 0) is 78.6 Å². The van der Waals surface area contributed by atoms with Gasteiger partial charge in [-0.2, -0.15) is 21.0 Å². The van der Waals surface area contributed by atoms with E-state index in [1.54, 1.807) is 128 Å². The third-order valence-electron chi connectivity index (χ3n) is 21.1. The number of hydrogen-bond acceptors (Lipinski definition) is 37. The Balaban J connectivity index is 0.000000207. The number of nitrogens with one attached hydrogen (secondary N) is 6. The Hall–Kier alpha value is -13.1. The van der Waals surface area contributed by atoms with Gasteiger partial charge in [0.15, 0.2) is 130 Å². The van der Waals surface area contributed by atoms with E-state index in [9.17, 15) is 29.7 Å². The molecule has 4 fully saturated rings. The fourth-order valence-electron chi connectivity index (χ4n) is 14.7. The van der Waals surface area contributed by atoms with Crippen LogP contribution in [0.2, 0.25) is 0 Å². The van der Waals surface area contributed by atoms with Crippen LogP contribution in [-0.4, -0.2) is 232 Å². The Morgan fingerprint density at radius 1 is 0.404 bits per heavy atom. The zero-order chi connectivity index (χ0) is 95.6. The molecule has 43 nitrogen and oxygen atoms in total. The van der Waals surface area contributed by atoms with Crippen molar-refractivity contribution in [2.45, 2.75) is 137 Å². The van der Waals surface area contributed by atoms with Gasteiger partial charge < -0.3 is 83.0 Å². The van der Waals surface area contributed by atoms with Crippen LogP contribution in [0.1, 0.15) is 105 Å². The Bertz CT molecular complexity index is 6210. The van der Waals surface area contributed by atoms with Gasteiger partial charge in [0.25, 0.3) is 36.9 Å². The van der Waals surface area contributed by atoms with Crippen LogP contribution in [0.25, 0.3) is 44.7 Å². The largest absolute Gasteiger partial charge is 0.456 e. The van der Waals surface area contributed by atoms with E-state index in [2.05, 4.69) is 91.2 Å². The van der Waals surface area contributed by atoms with Crippen molar-refractivity contribution < 1.29 is 92.7 Å². The third-order valence-corrected chi connectivity index (χ3v) is 26.7. The number of nitrogens with two attached hydrogens (primary N) is 1. The maximum Gasteiger partial charge on any atom is 0.352 e. The molecule has 53 heteroatoms. The van der Waals surface area contributed by atoms with Crippen LogP contribution in [0.5, 0.6) is 0 Å². The molecule has 4 aliphatic heterocycles. The van der Waals surface area contributed by atoms with Crippen molar-refractivity contribution >= 4 is 163 Å². The fourth-order valence-corrected chi connectivity index (χ4v) is 19.6. The number of nitriles is 4. The second-order valence-corrected chi connectivity index (χ2v) is 36.8. The molecule has 4 amide bonds. The first kappa shape index (κ1) is 97.4. The molecule has 4 aromatic carbocycles. The highest BCUT2D eigenvalue weighted by Gasteiger charge is 2.55. The van der Waals surface area contributed by atoms with Crippen molar-refractivity contribution in [2.24, 2.45) is 5.73 Å². The van der Waals surface area contributed by atoms with E-state index in [0.717, 1.165) is 6.33 Å². The van der Waals surface area contributed by atoms with E-state index >= 15 is 17.6 Å². The van der Waals surface area contributed by atoms with E-state index < -0.39 is 146 Å². The third kappa shape index (κ3) is 22.3. The minimum Gasteiger partial charge on any atom is -0.456 e. The lowest BCUT2D eigenvalue weighted by atomic mass is 10.1. The monoisotopic (exact) mass is 1980 g/mol. The van der Waals surface area contributed by atoms with Crippen molar-refractivity contribution in [1.29, 1.82) is 21.0 Å². The van der Waals surface area contributed by atoms with Crippen molar-refractivity contribution in [3.05, 3.63) is 194 Å². The highest BCUT2D eigenvalue weighted by Crippen LogP contribution is 2.53. The molecule has 0 saturated carbocycles. The first-order chi connectivity index (χ1) is 66.0. The smallest absolute Gasteiger partial charge is 0.352 e. The number of thiocarbonyl (C=S) groups is 2.